The van der Waals surface area contributed by atoms with Crippen molar-refractivity contribution in [3.05, 3.63) is 64.4 Å². The number of anilines is 1. The Morgan fingerprint density at radius 3 is 2.70 bits per heavy atom. The molecule has 2 aromatic rings. The van der Waals surface area contributed by atoms with Crippen molar-refractivity contribution in [1.82, 2.24) is 5.32 Å². The van der Waals surface area contributed by atoms with E-state index < -0.39 is 10.0 Å². The monoisotopic (exact) mass is 410 g/mol. The van der Waals surface area contributed by atoms with E-state index in [0.29, 0.717) is 36.2 Å². The van der Waals surface area contributed by atoms with Gasteiger partial charge in [0.25, 0.3) is 5.91 Å². The molecule has 3 rings (SSSR count). The summed E-state index contributed by atoms with van der Waals surface area (Å²) in [7, 11) is -3.42. The molecule has 5 nitrogen and oxygen atoms in total. The smallest absolute Gasteiger partial charge is 0.251 e. The highest BCUT2D eigenvalue weighted by molar-refractivity contribution is 7.92. The standard InChI is InChI=1S/C19H20ClFN2O3S/c20-16-8-7-15(13-18(16)23-11-3-4-12-27(23,25)26)19(24)22-10-9-14-5-1-2-6-17(14)21/h1-2,5-8,13H,3-4,9-12H2,(H,22,24). The van der Waals surface area contributed by atoms with Crippen LogP contribution in [0.15, 0.2) is 42.5 Å². The van der Waals surface area contributed by atoms with Gasteiger partial charge in [0.2, 0.25) is 10.0 Å². The lowest BCUT2D eigenvalue weighted by Gasteiger charge is -2.29. The van der Waals surface area contributed by atoms with E-state index in [1.54, 1.807) is 24.3 Å². The number of nitrogens with zero attached hydrogens (tertiary/aromatic N) is 1. The van der Waals surface area contributed by atoms with Gasteiger partial charge in [-0.1, -0.05) is 29.8 Å². The molecule has 1 fully saturated rings. The third kappa shape index (κ3) is 4.59. The van der Waals surface area contributed by atoms with Crippen molar-refractivity contribution in [2.24, 2.45) is 0 Å². The molecule has 1 aliphatic rings. The number of hydrogen-bond acceptors (Lipinski definition) is 3. The summed E-state index contributed by atoms with van der Waals surface area (Å²) < 4.78 is 39.5. The molecule has 1 amide bonds. The van der Waals surface area contributed by atoms with E-state index in [-0.39, 0.29) is 29.0 Å². The van der Waals surface area contributed by atoms with Gasteiger partial charge in [0.1, 0.15) is 5.82 Å². The zero-order valence-electron chi connectivity index (χ0n) is 14.6. The van der Waals surface area contributed by atoms with Crippen LogP contribution < -0.4 is 9.62 Å². The average molecular weight is 411 g/mol. The number of hydrogen-bond donors (Lipinski definition) is 1. The maximum Gasteiger partial charge on any atom is 0.251 e. The van der Waals surface area contributed by atoms with E-state index in [4.69, 9.17) is 11.6 Å². The van der Waals surface area contributed by atoms with Crippen LogP contribution >= 0.6 is 11.6 Å². The van der Waals surface area contributed by atoms with Gasteiger partial charge in [-0.05, 0) is 49.1 Å². The third-order valence-electron chi connectivity index (χ3n) is 4.46. The summed E-state index contributed by atoms with van der Waals surface area (Å²) in [6.45, 7) is 0.611. The summed E-state index contributed by atoms with van der Waals surface area (Å²) in [6.07, 6.45) is 1.72. The van der Waals surface area contributed by atoms with Gasteiger partial charge in [-0.15, -0.1) is 0 Å². The topological polar surface area (TPSA) is 66.5 Å². The number of rotatable bonds is 5. The Morgan fingerprint density at radius 2 is 1.96 bits per heavy atom. The summed E-state index contributed by atoms with van der Waals surface area (Å²) in [5.41, 5.74) is 1.15. The average Bonchev–Trinajstić information content (AvgIpc) is 2.63. The Labute approximate surface area is 163 Å². The first-order valence-corrected chi connectivity index (χ1v) is 10.7. The Hall–Kier alpha value is -2.12. The molecule has 27 heavy (non-hydrogen) atoms. The van der Waals surface area contributed by atoms with Crippen molar-refractivity contribution in [3.8, 4) is 0 Å². The van der Waals surface area contributed by atoms with Crippen molar-refractivity contribution < 1.29 is 17.6 Å². The van der Waals surface area contributed by atoms with Gasteiger partial charge in [-0.3, -0.25) is 9.10 Å². The minimum absolute atomic E-state index is 0.0718. The molecule has 144 valence electrons. The first-order valence-electron chi connectivity index (χ1n) is 8.70. The van der Waals surface area contributed by atoms with E-state index in [0.717, 1.165) is 6.42 Å². The zero-order valence-corrected chi connectivity index (χ0v) is 16.2. The van der Waals surface area contributed by atoms with Gasteiger partial charge in [0.15, 0.2) is 0 Å². The predicted octanol–water partition coefficient (Wildman–Crippen LogP) is 3.38. The van der Waals surface area contributed by atoms with Crippen LogP contribution in [0.1, 0.15) is 28.8 Å². The first kappa shape index (κ1) is 19.6. The minimum Gasteiger partial charge on any atom is -0.352 e. The maximum atomic E-state index is 13.6. The number of sulfonamides is 1. The lowest BCUT2D eigenvalue weighted by Crippen LogP contribution is -2.38. The molecule has 0 spiro atoms. The summed E-state index contributed by atoms with van der Waals surface area (Å²) in [5.74, 6) is -0.600. The molecule has 0 radical (unpaired) electrons. The largest absolute Gasteiger partial charge is 0.352 e. The molecular formula is C19H20ClFN2O3S. The molecule has 1 aliphatic heterocycles. The van der Waals surface area contributed by atoms with Crippen molar-refractivity contribution in [1.29, 1.82) is 0 Å². The summed E-state index contributed by atoms with van der Waals surface area (Å²) in [4.78, 5) is 12.4. The molecule has 1 heterocycles. The van der Waals surface area contributed by atoms with Crippen molar-refractivity contribution >= 4 is 33.2 Å². The van der Waals surface area contributed by atoms with E-state index in [1.165, 1.54) is 22.5 Å². The molecule has 0 bridgehead atoms. The van der Waals surface area contributed by atoms with Crippen LogP contribution in [0.4, 0.5) is 10.1 Å². The highest BCUT2D eigenvalue weighted by Crippen LogP contribution is 2.31. The number of amides is 1. The van der Waals surface area contributed by atoms with Gasteiger partial charge in [-0.25, -0.2) is 12.8 Å². The Balaban J connectivity index is 1.71. The van der Waals surface area contributed by atoms with Gasteiger partial charge in [-0.2, -0.15) is 0 Å². The number of carbonyl (C=O) groups excluding carboxylic acids is 1. The number of carbonyl (C=O) groups is 1. The Morgan fingerprint density at radius 1 is 1.19 bits per heavy atom. The fraction of sp³-hybridized carbons (Fsp3) is 0.316. The maximum absolute atomic E-state index is 13.6. The SMILES string of the molecule is O=C(NCCc1ccccc1F)c1ccc(Cl)c(N2CCCCS2(=O)=O)c1. The second-order valence-electron chi connectivity index (χ2n) is 6.36. The molecule has 0 unspecified atom stereocenters. The molecule has 0 atom stereocenters. The second kappa shape index (κ2) is 8.27. The lowest BCUT2D eigenvalue weighted by atomic mass is 10.1. The number of halogens is 2. The predicted molar refractivity (Wildman–Crippen MR) is 104 cm³/mol. The zero-order chi connectivity index (χ0) is 19.4. The quantitative estimate of drug-likeness (QED) is 0.821. The summed E-state index contributed by atoms with van der Waals surface area (Å²) in [5, 5.41) is 3.01. The van der Waals surface area contributed by atoms with Gasteiger partial charge in [0, 0.05) is 18.7 Å². The van der Waals surface area contributed by atoms with E-state index in [2.05, 4.69) is 5.32 Å². The molecule has 0 aliphatic carbocycles. The highest BCUT2D eigenvalue weighted by Gasteiger charge is 2.28. The van der Waals surface area contributed by atoms with Crippen molar-refractivity contribution in [3.63, 3.8) is 0 Å². The molecule has 2 aromatic carbocycles. The van der Waals surface area contributed by atoms with E-state index >= 15 is 0 Å². The molecule has 0 saturated carbocycles. The van der Waals surface area contributed by atoms with Crippen LogP contribution in [0.3, 0.4) is 0 Å². The molecule has 8 heteroatoms. The Kier molecular flexibility index (Phi) is 6.01. The fourth-order valence-electron chi connectivity index (χ4n) is 3.02. The summed E-state index contributed by atoms with van der Waals surface area (Å²) >= 11 is 6.18. The molecule has 0 aromatic heterocycles. The van der Waals surface area contributed by atoms with Gasteiger partial charge < -0.3 is 5.32 Å². The van der Waals surface area contributed by atoms with Crippen LogP contribution in [0.5, 0.6) is 0 Å². The van der Waals surface area contributed by atoms with Crippen LogP contribution in [0.25, 0.3) is 0 Å². The van der Waals surface area contributed by atoms with Crippen molar-refractivity contribution in [2.45, 2.75) is 19.3 Å². The van der Waals surface area contributed by atoms with Gasteiger partial charge >= 0.3 is 0 Å². The highest BCUT2D eigenvalue weighted by atomic mass is 35.5. The molecule has 1 saturated heterocycles. The van der Waals surface area contributed by atoms with E-state index in [1.807, 2.05) is 0 Å². The number of nitrogens with one attached hydrogen (secondary N) is 1. The third-order valence-corrected chi connectivity index (χ3v) is 6.64. The second-order valence-corrected chi connectivity index (χ2v) is 8.78. The van der Waals surface area contributed by atoms with Crippen LogP contribution in [-0.4, -0.2) is 33.2 Å². The van der Waals surface area contributed by atoms with E-state index in [9.17, 15) is 17.6 Å². The van der Waals surface area contributed by atoms with Crippen molar-refractivity contribution in [2.75, 3.05) is 23.1 Å². The van der Waals surface area contributed by atoms with Crippen LogP contribution in [0, 0.1) is 5.82 Å². The lowest BCUT2D eigenvalue weighted by molar-refractivity contribution is 0.0954. The first-order chi connectivity index (χ1) is 12.9. The minimum atomic E-state index is -3.42. The molecular weight excluding hydrogens is 391 g/mol. The fourth-order valence-corrected chi connectivity index (χ4v) is 4.94. The number of benzene rings is 2. The van der Waals surface area contributed by atoms with Crippen LogP contribution in [0.2, 0.25) is 5.02 Å². The van der Waals surface area contributed by atoms with Crippen LogP contribution in [-0.2, 0) is 16.4 Å². The normalized spacial score (nSPS) is 16.1. The summed E-state index contributed by atoms with van der Waals surface area (Å²) in [6, 6.07) is 11.0. The molecule has 1 N–H and O–H groups in total. The Bertz CT molecular complexity index is 950. The van der Waals surface area contributed by atoms with Gasteiger partial charge in [0.05, 0.1) is 16.5 Å².